The van der Waals surface area contributed by atoms with Gasteiger partial charge in [-0.1, -0.05) is 0 Å². The zero-order valence-electron chi connectivity index (χ0n) is 14.7. The van der Waals surface area contributed by atoms with Gasteiger partial charge in [-0.3, -0.25) is 0 Å². The maximum Gasteiger partial charge on any atom is 0.342 e. The summed E-state index contributed by atoms with van der Waals surface area (Å²) < 4.78 is 29.2. The first kappa shape index (κ1) is 18.1. The second-order valence-corrected chi connectivity index (χ2v) is 6.71. The Kier molecular flexibility index (Phi) is 5.37. The van der Waals surface area contributed by atoms with Gasteiger partial charge in [0.1, 0.15) is 46.9 Å². The molecule has 0 unspecified atom stereocenters. The Morgan fingerprint density at radius 2 is 1.88 bits per heavy atom. The predicted molar refractivity (Wildman–Crippen MR) is 94.9 cm³/mol. The largest absolute Gasteiger partial charge is 0.486 e. The number of thiazole rings is 1. The molecule has 7 heteroatoms. The summed E-state index contributed by atoms with van der Waals surface area (Å²) in [5.74, 6) is 1.10. The van der Waals surface area contributed by atoms with Crippen LogP contribution in [0, 0.1) is 26.6 Å². The third-order valence-corrected chi connectivity index (χ3v) is 4.76. The summed E-state index contributed by atoms with van der Waals surface area (Å²) in [5.41, 5.74) is 1.91. The van der Waals surface area contributed by atoms with E-state index in [1.807, 2.05) is 19.2 Å². The normalized spacial score (nSPS) is 10.8. The van der Waals surface area contributed by atoms with E-state index in [9.17, 15) is 9.18 Å². The van der Waals surface area contributed by atoms with E-state index in [1.54, 1.807) is 19.1 Å². The zero-order valence-corrected chi connectivity index (χ0v) is 15.5. The molecule has 2 aromatic heterocycles. The van der Waals surface area contributed by atoms with Crippen LogP contribution >= 0.6 is 11.3 Å². The molecule has 0 saturated heterocycles. The monoisotopic (exact) mass is 375 g/mol. The lowest BCUT2D eigenvalue weighted by atomic mass is 10.1. The number of esters is 1. The number of hydrogen-bond acceptors (Lipinski definition) is 6. The molecule has 26 heavy (non-hydrogen) atoms. The fraction of sp³-hybridized carbons (Fsp3) is 0.263. The van der Waals surface area contributed by atoms with Crippen LogP contribution in [-0.2, 0) is 18.0 Å². The number of hydrogen-bond donors (Lipinski definition) is 0. The van der Waals surface area contributed by atoms with Crippen molar-refractivity contribution in [2.45, 2.75) is 34.0 Å². The second-order valence-electron chi connectivity index (χ2n) is 5.77. The Hall–Kier alpha value is -2.67. The summed E-state index contributed by atoms with van der Waals surface area (Å²) in [4.78, 5) is 16.6. The van der Waals surface area contributed by atoms with E-state index < -0.39 is 5.97 Å². The van der Waals surface area contributed by atoms with Gasteiger partial charge in [-0.2, -0.15) is 0 Å². The molecule has 136 valence electrons. The number of halogens is 1. The molecule has 0 aliphatic heterocycles. The maximum absolute atomic E-state index is 12.9. The molecule has 0 atom stereocenters. The number of carbonyl (C=O) groups is 1. The standard InChI is InChI=1S/C19H18FNO4S/c1-11-12(2)25-13(3)18(11)19(22)24-8-15-10-26-17(21-15)9-23-16-6-4-14(20)5-7-16/h4-7,10H,8-9H2,1-3H3. The molecule has 0 fully saturated rings. The quantitative estimate of drug-likeness (QED) is 0.583. The van der Waals surface area contributed by atoms with E-state index in [4.69, 9.17) is 13.9 Å². The van der Waals surface area contributed by atoms with Crippen molar-refractivity contribution < 1.29 is 23.1 Å². The average Bonchev–Trinajstić information content (AvgIpc) is 3.17. The van der Waals surface area contributed by atoms with Gasteiger partial charge in [0.25, 0.3) is 0 Å². The number of aromatic nitrogens is 1. The van der Waals surface area contributed by atoms with Gasteiger partial charge in [0.2, 0.25) is 0 Å². The van der Waals surface area contributed by atoms with Crippen molar-refractivity contribution in [3.8, 4) is 5.75 Å². The average molecular weight is 375 g/mol. The maximum atomic E-state index is 12.9. The Bertz CT molecular complexity index is 914. The van der Waals surface area contributed by atoms with Crippen molar-refractivity contribution >= 4 is 17.3 Å². The minimum absolute atomic E-state index is 0.0784. The smallest absolute Gasteiger partial charge is 0.342 e. The van der Waals surface area contributed by atoms with Gasteiger partial charge in [-0.05, 0) is 45.0 Å². The molecule has 0 radical (unpaired) electrons. The molecular weight excluding hydrogens is 357 g/mol. The van der Waals surface area contributed by atoms with E-state index in [1.165, 1.54) is 23.5 Å². The summed E-state index contributed by atoms with van der Waals surface area (Å²) in [6.07, 6.45) is 0. The van der Waals surface area contributed by atoms with Crippen LogP contribution in [0.2, 0.25) is 0 Å². The predicted octanol–water partition coefficient (Wildman–Crippen LogP) is 4.74. The lowest BCUT2D eigenvalue weighted by Crippen LogP contribution is -2.07. The highest BCUT2D eigenvalue weighted by Gasteiger charge is 2.20. The van der Waals surface area contributed by atoms with Crippen molar-refractivity contribution in [3.05, 3.63) is 68.8 Å². The highest BCUT2D eigenvalue weighted by molar-refractivity contribution is 7.09. The molecule has 0 aliphatic carbocycles. The molecule has 5 nitrogen and oxygen atoms in total. The van der Waals surface area contributed by atoms with Gasteiger partial charge in [-0.25, -0.2) is 14.2 Å². The summed E-state index contributed by atoms with van der Waals surface area (Å²) in [7, 11) is 0. The first-order valence-corrected chi connectivity index (χ1v) is 8.87. The lowest BCUT2D eigenvalue weighted by molar-refractivity contribution is 0.0465. The molecule has 0 spiro atoms. The third kappa shape index (κ3) is 4.11. The van der Waals surface area contributed by atoms with Crippen molar-refractivity contribution in [1.29, 1.82) is 0 Å². The Balaban J connectivity index is 1.55. The fourth-order valence-electron chi connectivity index (χ4n) is 2.46. The molecule has 3 rings (SSSR count). The summed E-state index contributed by atoms with van der Waals surface area (Å²) >= 11 is 1.41. The van der Waals surface area contributed by atoms with Crippen LogP contribution in [0.4, 0.5) is 4.39 Å². The van der Waals surface area contributed by atoms with Crippen molar-refractivity contribution in [2.24, 2.45) is 0 Å². The number of benzene rings is 1. The molecule has 0 N–H and O–H groups in total. The van der Waals surface area contributed by atoms with E-state index in [0.29, 0.717) is 28.5 Å². The van der Waals surface area contributed by atoms with Crippen LogP contribution in [0.3, 0.4) is 0 Å². The third-order valence-electron chi connectivity index (χ3n) is 3.89. The molecule has 1 aromatic carbocycles. The topological polar surface area (TPSA) is 61.6 Å². The number of furan rings is 1. The van der Waals surface area contributed by atoms with Crippen molar-refractivity contribution in [3.63, 3.8) is 0 Å². The van der Waals surface area contributed by atoms with E-state index in [2.05, 4.69) is 4.98 Å². The van der Waals surface area contributed by atoms with Crippen LogP contribution in [0.1, 0.15) is 38.1 Å². The van der Waals surface area contributed by atoms with E-state index >= 15 is 0 Å². The van der Waals surface area contributed by atoms with Crippen LogP contribution in [0.25, 0.3) is 0 Å². The molecule has 0 saturated carbocycles. The first-order chi connectivity index (χ1) is 12.4. The highest BCUT2D eigenvalue weighted by Crippen LogP contribution is 2.22. The minimum Gasteiger partial charge on any atom is -0.486 e. The van der Waals surface area contributed by atoms with Crippen molar-refractivity contribution in [2.75, 3.05) is 0 Å². The number of ether oxygens (including phenoxy) is 2. The Labute approximate surface area is 154 Å². The van der Waals surface area contributed by atoms with Gasteiger partial charge >= 0.3 is 5.97 Å². The zero-order chi connectivity index (χ0) is 18.7. The molecule has 3 aromatic rings. The summed E-state index contributed by atoms with van der Waals surface area (Å²) in [6, 6.07) is 5.79. The van der Waals surface area contributed by atoms with Crippen LogP contribution < -0.4 is 4.74 Å². The number of rotatable bonds is 6. The lowest BCUT2D eigenvalue weighted by Gasteiger charge is -2.04. The van der Waals surface area contributed by atoms with Crippen LogP contribution in [0.15, 0.2) is 34.1 Å². The van der Waals surface area contributed by atoms with Gasteiger partial charge < -0.3 is 13.9 Å². The molecule has 0 bridgehead atoms. The fourth-order valence-corrected chi connectivity index (χ4v) is 3.15. The summed E-state index contributed by atoms with van der Waals surface area (Å²) in [5, 5.41) is 2.56. The molecule has 2 heterocycles. The second kappa shape index (κ2) is 7.70. The molecule has 0 amide bonds. The summed E-state index contributed by atoms with van der Waals surface area (Å²) in [6.45, 7) is 5.73. The van der Waals surface area contributed by atoms with Gasteiger partial charge in [0.15, 0.2) is 0 Å². The van der Waals surface area contributed by atoms with E-state index in [-0.39, 0.29) is 19.0 Å². The molecule has 0 aliphatic rings. The number of aryl methyl sites for hydroxylation is 2. The minimum atomic E-state index is -0.422. The van der Waals surface area contributed by atoms with Gasteiger partial charge in [0.05, 0.1) is 5.69 Å². The Morgan fingerprint density at radius 3 is 2.54 bits per heavy atom. The Morgan fingerprint density at radius 1 is 1.15 bits per heavy atom. The SMILES string of the molecule is Cc1oc(C)c(C(=O)OCc2csc(COc3ccc(F)cc3)n2)c1C. The van der Waals surface area contributed by atoms with Crippen LogP contribution in [0.5, 0.6) is 5.75 Å². The van der Waals surface area contributed by atoms with E-state index in [0.717, 1.165) is 10.6 Å². The van der Waals surface area contributed by atoms with Gasteiger partial charge in [-0.15, -0.1) is 11.3 Å². The number of carbonyl (C=O) groups excluding carboxylic acids is 1. The first-order valence-electron chi connectivity index (χ1n) is 7.99. The highest BCUT2D eigenvalue weighted by atomic mass is 32.1. The molecular formula is C19H18FNO4S. The van der Waals surface area contributed by atoms with Crippen molar-refractivity contribution in [1.82, 2.24) is 4.98 Å². The van der Waals surface area contributed by atoms with Gasteiger partial charge in [0, 0.05) is 10.9 Å². The van der Waals surface area contributed by atoms with Crippen LogP contribution in [-0.4, -0.2) is 11.0 Å². The number of nitrogens with zero attached hydrogens (tertiary/aromatic N) is 1.